The third kappa shape index (κ3) is 5.13. The summed E-state index contributed by atoms with van der Waals surface area (Å²) in [5.74, 6) is 0.643. The summed E-state index contributed by atoms with van der Waals surface area (Å²) in [6.45, 7) is 3.54. The molecule has 0 aliphatic heterocycles. The Kier molecular flexibility index (Phi) is 7.18. The van der Waals surface area contributed by atoms with Gasteiger partial charge in [0.15, 0.2) is 5.96 Å². The second kappa shape index (κ2) is 8.93. The van der Waals surface area contributed by atoms with Crippen molar-refractivity contribution in [2.45, 2.75) is 31.6 Å². The van der Waals surface area contributed by atoms with Crippen LogP contribution in [0.5, 0.6) is 0 Å². The monoisotopic (exact) mass is 474 g/mol. The predicted octanol–water partition coefficient (Wildman–Crippen LogP) is 3.65. The van der Waals surface area contributed by atoms with Crippen LogP contribution >= 0.6 is 35.3 Å². The lowest BCUT2D eigenvalue weighted by atomic mass is 9.95. The van der Waals surface area contributed by atoms with E-state index < -0.39 is 0 Å². The molecule has 1 aromatic carbocycles. The third-order valence-corrected chi connectivity index (χ3v) is 5.39. The zero-order valence-corrected chi connectivity index (χ0v) is 17.7. The summed E-state index contributed by atoms with van der Waals surface area (Å²) in [6, 6.07) is 7.08. The van der Waals surface area contributed by atoms with E-state index in [1.165, 1.54) is 4.88 Å². The fourth-order valence-corrected chi connectivity index (χ4v) is 3.65. The molecule has 0 radical (unpaired) electrons. The van der Waals surface area contributed by atoms with Gasteiger partial charge in [0.2, 0.25) is 0 Å². The molecule has 1 heterocycles. The van der Waals surface area contributed by atoms with Gasteiger partial charge in [-0.2, -0.15) is 0 Å². The minimum absolute atomic E-state index is 0. The van der Waals surface area contributed by atoms with E-state index in [0.717, 1.165) is 42.3 Å². The van der Waals surface area contributed by atoms with Crippen molar-refractivity contribution in [3.63, 3.8) is 0 Å². The normalized spacial score (nSPS) is 15.4. The van der Waals surface area contributed by atoms with E-state index in [1.54, 1.807) is 30.5 Å². The Labute approximate surface area is 169 Å². The van der Waals surface area contributed by atoms with E-state index in [2.05, 4.69) is 27.5 Å². The molecule has 0 saturated heterocycles. The Morgan fingerprint density at radius 2 is 2.08 bits per heavy atom. The lowest BCUT2D eigenvalue weighted by molar-refractivity contribution is 0.559. The third-order valence-electron chi connectivity index (χ3n) is 4.42. The highest BCUT2D eigenvalue weighted by Crippen LogP contribution is 2.48. The molecule has 0 atom stereocenters. The molecule has 7 heteroatoms. The zero-order valence-electron chi connectivity index (χ0n) is 14.5. The fourth-order valence-electron chi connectivity index (χ4n) is 2.86. The van der Waals surface area contributed by atoms with E-state index >= 15 is 0 Å². The highest BCUT2D eigenvalue weighted by molar-refractivity contribution is 14.0. The quantitative estimate of drug-likeness (QED) is 0.382. The van der Waals surface area contributed by atoms with Gasteiger partial charge in [-0.05, 0) is 31.4 Å². The van der Waals surface area contributed by atoms with Crippen molar-refractivity contribution in [1.29, 1.82) is 0 Å². The summed E-state index contributed by atoms with van der Waals surface area (Å²) in [4.78, 5) is 9.84. The van der Waals surface area contributed by atoms with Gasteiger partial charge in [-0.25, -0.2) is 9.37 Å². The number of hydrogen-bond donors (Lipinski definition) is 2. The van der Waals surface area contributed by atoms with Gasteiger partial charge >= 0.3 is 0 Å². The van der Waals surface area contributed by atoms with E-state index in [1.807, 2.05) is 18.3 Å². The van der Waals surface area contributed by atoms with E-state index in [4.69, 9.17) is 0 Å². The smallest absolute Gasteiger partial charge is 0.191 e. The minimum atomic E-state index is -0.112. The molecule has 1 aliphatic rings. The number of aromatic nitrogens is 1. The highest BCUT2D eigenvalue weighted by Gasteiger charge is 2.45. The first kappa shape index (κ1) is 20.1. The molecule has 0 spiro atoms. The molecule has 1 aliphatic carbocycles. The van der Waals surface area contributed by atoms with Gasteiger partial charge in [0.1, 0.15) is 5.82 Å². The molecule has 0 amide bonds. The van der Waals surface area contributed by atoms with Gasteiger partial charge in [0, 0.05) is 43.0 Å². The highest BCUT2D eigenvalue weighted by atomic mass is 127. The Morgan fingerprint density at radius 3 is 2.68 bits per heavy atom. The summed E-state index contributed by atoms with van der Waals surface area (Å²) in [5.41, 5.74) is 0.723. The Bertz CT molecular complexity index is 727. The van der Waals surface area contributed by atoms with E-state index in [-0.39, 0.29) is 35.2 Å². The van der Waals surface area contributed by atoms with Crippen molar-refractivity contribution in [2.75, 3.05) is 20.1 Å². The van der Waals surface area contributed by atoms with E-state index in [9.17, 15) is 4.39 Å². The molecule has 1 aromatic heterocycles. The van der Waals surface area contributed by atoms with Crippen LogP contribution in [0, 0.1) is 12.7 Å². The molecule has 25 heavy (non-hydrogen) atoms. The van der Waals surface area contributed by atoms with Crippen LogP contribution < -0.4 is 10.6 Å². The SMILES string of the molecule is CN=C(NCCc1ncc(C)s1)NCC1(c2ccccc2F)CC1.I. The van der Waals surface area contributed by atoms with Crippen LogP contribution in [0.2, 0.25) is 0 Å². The molecule has 1 fully saturated rings. The van der Waals surface area contributed by atoms with Gasteiger partial charge < -0.3 is 10.6 Å². The maximum absolute atomic E-state index is 14.0. The predicted molar refractivity (Wildman–Crippen MR) is 113 cm³/mol. The van der Waals surface area contributed by atoms with Crippen molar-refractivity contribution in [3.05, 3.63) is 51.7 Å². The van der Waals surface area contributed by atoms with E-state index in [0.29, 0.717) is 6.54 Å². The summed E-state index contributed by atoms with van der Waals surface area (Å²) < 4.78 is 14.0. The first-order valence-corrected chi connectivity index (χ1v) is 9.05. The number of rotatable bonds is 6. The van der Waals surface area contributed by atoms with Crippen molar-refractivity contribution >= 4 is 41.3 Å². The fraction of sp³-hybridized carbons (Fsp3) is 0.444. The molecule has 136 valence electrons. The Morgan fingerprint density at radius 1 is 1.32 bits per heavy atom. The molecular formula is C18H24FIN4S. The number of guanidine groups is 1. The summed E-state index contributed by atoms with van der Waals surface area (Å²) in [5, 5.41) is 7.78. The maximum atomic E-state index is 14.0. The standard InChI is InChI=1S/C18H23FN4S.HI/c1-13-11-22-16(24-13)7-10-21-17(20-2)23-12-18(8-9-18)14-5-3-4-6-15(14)19;/h3-6,11H,7-10,12H2,1-2H3,(H2,20,21,23);1H. The molecule has 1 saturated carbocycles. The van der Waals surface area contributed by atoms with Crippen LogP contribution in [0.3, 0.4) is 0 Å². The summed E-state index contributed by atoms with van der Waals surface area (Å²) >= 11 is 1.72. The number of thiazole rings is 1. The number of halogens is 2. The van der Waals surface area contributed by atoms with Crippen molar-refractivity contribution in [3.8, 4) is 0 Å². The molecular weight excluding hydrogens is 450 g/mol. The second-order valence-electron chi connectivity index (χ2n) is 6.23. The number of nitrogens with one attached hydrogen (secondary N) is 2. The number of hydrogen-bond acceptors (Lipinski definition) is 3. The van der Waals surface area contributed by atoms with Gasteiger partial charge in [-0.1, -0.05) is 18.2 Å². The van der Waals surface area contributed by atoms with Crippen molar-refractivity contribution in [2.24, 2.45) is 4.99 Å². The number of aryl methyl sites for hydroxylation is 1. The molecule has 2 aromatic rings. The lowest BCUT2D eigenvalue weighted by Crippen LogP contribution is -2.42. The Balaban J connectivity index is 0.00000225. The maximum Gasteiger partial charge on any atom is 0.191 e. The van der Waals surface area contributed by atoms with Gasteiger partial charge in [0.05, 0.1) is 5.01 Å². The molecule has 4 nitrogen and oxygen atoms in total. The van der Waals surface area contributed by atoms with Crippen LogP contribution in [-0.4, -0.2) is 31.1 Å². The number of nitrogens with zero attached hydrogens (tertiary/aromatic N) is 2. The second-order valence-corrected chi connectivity index (χ2v) is 7.55. The molecule has 2 N–H and O–H groups in total. The van der Waals surface area contributed by atoms with Crippen LogP contribution in [0.1, 0.15) is 28.3 Å². The van der Waals surface area contributed by atoms with Crippen LogP contribution in [0.25, 0.3) is 0 Å². The molecule has 0 bridgehead atoms. The molecule has 0 unspecified atom stereocenters. The Hall–Kier alpha value is -1.22. The van der Waals surface area contributed by atoms with Crippen molar-refractivity contribution < 1.29 is 4.39 Å². The average Bonchev–Trinajstić information content (AvgIpc) is 3.26. The first-order chi connectivity index (χ1) is 11.6. The lowest BCUT2D eigenvalue weighted by Gasteiger charge is -2.19. The zero-order chi connectivity index (χ0) is 17.0. The molecule has 3 rings (SSSR count). The number of aliphatic imine (C=N–C) groups is 1. The van der Waals surface area contributed by atoms with Crippen molar-refractivity contribution in [1.82, 2.24) is 15.6 Å². The van der Waals surface area contributed by atoms with Gasteiger partial charge in [0.25, 0.3) is 0 Å². The van der Waals surface area contributed by atoms with Gasteiger partial charge in [-0.3, -0.25) is 4.99 Å². The minimum Gasteiger partial charge on any atom is -0.356 e. The largest absolute Gasteiger partial charge is 0.356 e. The summed E-state index contributed by atoms with van der Waals surface area (Å²) in [6.07, 6.45) is 4.79. The number of benzene rings is 1. The summed E-state index contributed by atoms with van der Waals surface area (Å²) in [7, 11) is 1.76. The van der Waals surface area contributed by atoms with Crippen LogP contribution in [-0.2, 0) is 11.8 Å². The van der Waals surface area contributed by atoms with Crippen LogP contribution in [0.4, 0.5) is 4.39 Å². The first-order valence-electron chi connectivity index (χ1n) is 8.24. The topological polar surface area (TPSA) is 49.3 Å². The van der Waals surface area contributed by atoms with Gasteiger partial charge in [-0.15, -0.1) is 35.3 Å². The van der Waals surface area contributed by atoms with Crippen LogP contribution in [0.15, 0.2) is 35.5 Å². The average molecular weight is 474 g/mol.